The van der Waals surface area contributed by atoms with Crippen molar-refractivity contribution in [3.05, 3.63) is 47.7 Å². The molecule has 0 unspecified atom stereocenters. The first-order valence-corrected chi connectivity index (χ1v) is 12.0. The quantitative estimate of drug-likeness (QED) is 0.209. The van der Waals surface area contributed by atoms with Crippen molar-refractivity contribution in [2.24, 2.45) is 0 Å². The number of pyridine rings is 1. The molecule has 2 aromatic heterocycles. The highest BCUT2D eigenvalue weighted by atomic mass is 32.2. The van der Waals surface area contributed by atoms with Crippen LogP contribution in [0, 0.1) is 11.8 Å². The van der Waals surface area contributed by atoms with Crippen LogP contribution in [0.15, 0.2) is 41.3 Å². The van der Waals surface area contributed by atoms with Crippen LogP contribution in [-0.2, 0) is 0 Å². The molecule has 4 N–H and O–H groups in total. The summed E-state index contributed by atoms with van der Waals surface area (Å²) in [5.74, 6) is 6.05. The number of anilines is 2. The molecule has 13 heteroatoms. The van der Waals surface area contributed by atoms with Gasteiger partial charge in [-0.1, -0.05) is 12.0 Å². The third-order valence-corrected chi connectivity index (χ3v) is 6.40. The summed E-state index contributed by atoms with van der Waals surface area (Å²) in [6, 6.07) is 8.99. The van der Waals surface area contributed by atoms with Crippen molar-refractivity contribution in [3.8, 4) is 17.6 Å². The third-order valence-electron chi connectivity index (χ3n) is 5.57. The van der Waals surface area contributed by atoms with E-state index in [0.717, 1.165) is 0 Å². The van der Waals surface area contributed by atoms with E-state index in [0.29, 0.717) is 29.4 Å². The van der Waals surface area contributed by atoms with Gasteiger partial charge in [-0.2, -0.15) is 18.3 Å². The van der Waals surface area contributed by atoms with E-state index >= 15 is 0 Å². The van der Waals surface area contributed by atoms with E-state index in [1.165, 1.54) is 24.7 Å². The van der Waals surface area contributed by atoms with Gasteiger partial charge in [0.1, 0.15) is 23.4 Å². The molecule has 1 aromatic carbocycles. The lowest BCUT2D eigenvalue weighted by Crippen LogP contribution is -2.30. The van der Waals surface area contributed by atoms with Crippen molar-refractivity contribution in [2.75, 3.05) is 44.4 Å². The van der Waals surface area contributed by atoms with E-state index in [-0.39, 0.29) is 46.9 Å². The molecule has 1 aliphatic heterocycles. The van der Waals surface area contributed by atoms with Gasteiger partial charge in [-0.25, -0.2) is 8.91 Å². The summed E-state index contributed by atoms with van der Waals surface area (Å²) in [4.78, 5) is 11.8. The molecule has 1 saturated heterocycles. The molecule has 2 atom stereocenters. The van der Waals surface area contributed by atoms with Gasteiger partial charge in [0.25, 0.3) is 5.91 Å². The molecule has 1 aliphatic rings. The van der Waals surface area contributed by atoms with E-state index in [1.807, 2.05) is 0 Å². The minimum Gasteiger partial charge on any atom is -0.495 e. The van der Waals surface area contributed by atoms with Crippen molar-refractivity contribution in [1.29, 1.82) is 0 Å². The molecule has 37 heavy (non-hydrogen) atoms. The van der Waals surface area contributed by atoms with Gasteiger partial charge in [0.15, 0.2) is 0 Å². The van der Waals surface area contributed by atoms with Gasteiger partial charge in [-0.15, -0.1) is 0 Å². The molecule has 0 spiro atoms. The van der Waals surface area contributed by atoms with Gasteiger partial charge in [0.05, 0.1) is 35.8 Å². The number of benzene rings is 1. The fraction of sp³-hybridized carbons (Fsp3) is 0.333. The van der Waals surface area contributed by atoms with Crippen LogP contribution < -0.4 is 26.0 Å². The minimum absolute atomic E-state index is 0.0416. The Morgan fingerprint density at radius 2 is 2.11 bits per heavy atom. The SMILES string of the molecule is CNC(=O)c1ccc(OC)c(NCC#Cc2nn3c(N[C@@H]4CNC[C@@H]4F)cccc3c2SC(F)(F)F)c1. The Labute approximate surface area is 214 Å². The number of nitrogens with zero attached hydrogens (tertiary/aromatic N) is 2. The number of fused-ring (bicyclic) bond motifs is 1. The van der Waals surface area contributed by atoms with E-state index in [2.05, 4.69) is 38.2 Å². The van der Waals surface area contributed by atoms with Gasteiger partial charge in [-0.05, 0) is 48.0 Å². The summed E-state index contributed by atoms with van der Waals surface area (Å²) in [6.45, 7) is 0.619. The lowest BCUT2D eigenvalue weighted by molar-refractivity contribution is -0.0327. The minimum atomic E-state index is -4.56. The molecule has 196 valence electrons. The maximum Gasteiger partial charge on any atom is 0.446 e. The maximum absolute atomic E-state index is 14.1. The van der Waals surface area contributed by atoms with Crippen LogP contribution in [-0.4, -0.2) is 67.0 Å². The Kier molecular flexibility index (Phi) is 7.99. The summed E-state index contributed by atoms with van der Waals surface area (Å²) in [5, 5.41) is 15.8. The van der Waals surface area contributed by atoms with E-state index in [4.69, 9.17) is 4.74 Å². The van der Waals surface area contributed by atoms with E-state index in [9.17, 15) is 22.4 Å². The number of carbonyl (C=O) groups excluding carboxylic acids is 1. The Bertz CT molecular complexity index is 1350. The second-order valence-electron chi connectivity index (χ2n) is 8.01. The zero-order chi connectivity index (χ0) is 26.6. The fourth-order valence-electron chi connectivity index (χ4n) is 3.83. The van der Waals surface area contributed by atoms with Crippen molar-refractivity contribution < 1.29 is 27.1 Å². The summed E-state index contributed by atoms with van der Waals surface area (Å²) in [7, 11) is 2.99. The number of methoxy groups -OCH3 is 1. The van der Waals surface area contributed by atoms with Crippen LogP contribution in [0.25, 0.3) is 5.52 Å². The summed E-state index contributed by atoms with van der Waals surface area (Å²) in [6.07, 6.45) is -1.14. The Balaban J connectivity index is 1.62. The summed E-state index contributed by atoms with van der Waals surface area (Å²) in [5.41, 5.74) is -3.53. The molecular formula is C24H24F4N6O2S. The Morgan fingerprint density at radius 3 is 2.78 bits per heavy atom. The number of aromatic nitrogens is 2. The first-order chi connectivity index (χ1) is 17.7. The van der Waals surface area contributed by atoms with Gasteiger partial charge in [-0.3, -0.25) is 4.79 Å². The lowest BCUT2D eigenvalue weighted by Gasteiger charge is -2.16. The number of thioether (sulfide) groups is 1. The molecule has 3 aromatic rings. The van der Waals surface area contributed by atoms with Crippen molar-refractivity contribution in [2.45, 2.75) is 22.6 Å². The first kappa shape index (κ1) is 26.4. The number of halogens is 4. The fourth-order valence-corrected chi connectivity index (χ4v) is 4.51. The Morgan fingerprint density at radius 1 is 1.30 bits per heavy atom. The normalized spacial score (nSPS) is 17.2. The second-order valence-corrected chi connectivity index (χ2v) is 9.08. The van der Waals surface area contributed by atoms with Crippen LogP contribution in [0.1, 0.15) is 16.1 Å². The predicted octanol–water partition coefficient (Wildman–Crippen LogP) is 3.50. The van der Waals surface area contributed by atoms with Crippen molar-refractivity contribution >= 4 is 34.7 Å². The zero-order valence-electron chi connectivity index (χ0n) is 19.9. The van der Waals surface area contributed by atoms with Crippen LogP contribution in [0.5, 0.6) is 5.75 Å². The average Bonchev–Trinajstić information content (AvgIpc) is 3.43. The Hall–Kier alpha value is -3.63. The number of ether oxygens (including phenoxy) is 1. The topological polar surface area (TPSA) is 91.7 Å². The highest BCUT2D eigenvalue weighted by molar-refractivity contribution is 8.00. The summed E-state index contributed by atoms with van der Waals surface area (Å²) < 4.78 is 60.8. The number of carbonyl (C=O) groups is 1. The molecular weight excluding hydrogens is 512 g/mol. The first-order valence-electron chi connectivity index (χ1n) is 11.2. The number of hydrogen-bond acceptors (Lipinski definition) is 7. The average molecular weight is 537 g/mol. The molecule has 0 radical (unpaired) electrons. The van der Waals surface area contributed by atoms with Crippen molar-refractivity contribution in [3.63, 3.8) is 0 Å². The third kappa shape index (κ3) is 6.20. The number of nitrogens with one attached hydrogen (secondary N) is 4. The molecule has 4 rings (SSSR count). The number of hydrogen-bond donors (Lipinski definition) is 4. The second kappa shape index (κ2) is 11.2. The van der Waals surface area contributed by atoms with Gasteiger partial charge in [0.2, 0.25) is 0 Å². The van der Waals surface area contributed by atoms with E-state index < -0.39 is 17.7 Å². The van der Waals surface area contributed by atoms with Gasteiger partial charge in [0, 0.05) is 25.7 Å². The van der Waals surface area contributed by atoms with Crippen LogP contribution in [0.4, 0.5) is 29.1 Å². The highest BCUT2D eigenvalue weighted by Crippen LogP contribution is 2.41. The standard InChI is InChI=1S/C24H24F4N6O2S/c1-29-23(35)14-8-9-20(36-2)17(11-14)31-10-4-5-16-22(37-24(26,27)28)19-6-3-7-21(34(19)33-16)32-18-13-30-12-15(18)25/h3,6-9,11,15,18,30-32H,10,12-13H2,1-2H3,(H,29,35)/t15-,18+/m0/s1. The molecule has 8 nitrogen and oxygen atoms in total. The summed E-state index contributed by atoms with van der Waals surface area (Å²) >= 11 is -0.301. The maximum atomic E-state index is 14.1. The number of rotatable bonds is 7. The smallest absolute Gasteiger partial charge is 0.446 e. The largest absolute Gasteiger partial charge is 0.495 e. The zero-order valence-corrected chi connectivity index (χ0v) is 20.7. The number of alkyl halides is 4. The number of amides is 1. The molecule has 0 saturated carbocycles. The highest BCUT2D eigenvalue weighted by Gasteiger charge is 2.33. The van der Waals surface area contributed by atoms with Gasteiger partial charge < -0.3 is 26.0 Å². The van der Waals surface area contributed by atoms with Crippen LogP contribution in [0.2, 0.25) is 0 Å². The lowest BCUT2D eigenvalue weighted by atomic mass is 10.1. The predicted molar refractivity (Wildman–Crippen MR) is 134 cm³/mol. The molecule has 0 bridgehead atoms. The molecule has 1 amide bonds. The van der Waals surface area contributed by atoms with Gasteiger partial charge >= 0.3 is 5.51 Å². The van der Waals surface area contributed by atoms with Crippen LogP contribution >= 0.6 is 11.8 Å². The molecule has 1 fully saturated rings. The van der Waals surface area contributed by atoms with E-state index in [1.54, 1.807) is 30.3 Å². The molecule has 0 aliphatic carbocycles. The van der Waals surface area contributed by atoms with Crippen LogP contribution in [0.3, 0.4) is 0 Å². The molecule has 3 heterocycles. The van der Waals surface area contributed by atoms with Crippen molar-refractivity contribution in [1.82, 2.24) is 20.2 Å². The monoisotopic (exact) mass is 536 g/mol.